The number of carbonyl (C=O) groups excluding carboxylic acids is 2. The maximum atomic E-state index is 13.3. The lowest BCUT2D eigenvalue weighted by Crippen LogP contribution is -2.48. The minimum absolute atomic E-state index is 0.0128. The molecule has 0 radical (unpaired) electrons. The summed E-state index contributed by atoms with van der Waals surface area (Å²) in [6.45, 7) is 7.96. The summed E-state index contributed by atoms with van der Waals surface area (Å²) in [5.74, 6) is -0.557. The lowest BCUT2D eigenvalue weighted by molar-refractivity contribution is -0.116. The first-order chi connectivity index (χ1) is 14.6. The second-order valence-electron chi connectivity index (χ2n) is 8.12. The van der Waals surface area contributed by atoms with Crippen LogP contribution in [0, 0.1) is 27.7 Å². The molecule has 2 aromatic rings. The minimum atomic E-state index is -4.19. The van der Waals surface area contributed by atoms with Crippen molar-refractivity contribution < 1.29 is 18.0 Å². The van der Waals surface area contributed by atoms with E-state index in [9.17, 15) is 18.0 Å². The molecule has 7 nitrogen and oxygen atoms in total. The number of hydrogen-bond donors (Lipinski definition) is 1. The highest BCUT2D eigenvalue weighted by molar-refractivity contribution is 7.89. The van der Waals surface area contributed by atoms with E-state index in [-0.39, 0.29) is 4.90 Å². The van der Waals surface area contributed by atoms with E-state index in [0.29, 0.717) is 23.1 Å². The maximum Gasteiger partial charge on any atom is 0.334 e. The summed E-state index contributed by atoms with van der Waals surface area (Å²) >= 11 is 0. The van der Waals surface area contributed by atoms with Gasteiger partial charge in [0.25, 0.3) is 10.0 Å². The summed E-state index contributed by atoms with van der Waals surface area (Å²) in [5, 5.41) is 2.80. The summed E-state index contributed by atoms with van der Waals surface area (Å²) in [4.78, 5) is 27.4. The molecule has 1 aliphatic rings. The normalized spacial score (nSPS) is 13.9. The van der Waals surface area contributed by atoms with Crippen molar-refractivity contribution in [3.8, 4) is 0 Å². The van der Waals surface area contributed by atoms with Gasteiger partial charge in [0.2, 0.25) is 5.91 Å². The van der Waals surface area contributed by atoms with Gasteiger partial charge in [0.05, 0.1) is 4.90 Å². The first-order valence-corrected chi connectivity index (χ1v) is 11.8. The lowest BCUT2D eigenvalue weighted by Gasteiger charge is -2.27. The highest BCUT2D eigenvalue weighted by atomic mass is 32.2. The van der Waals surface area contributed by atoms with Crippen molar-refractivity contribution in [2.75, 3.05) is 25.0 Å². The molecule has 0 atom stereocenters. The Bertz CT molecular complexity index is 1070. The van der Waals surface area contributed by atoms with Crippen LogP contribution in [-0.2, 0) is 14.8 Å². The van der Waals surface area contributed by atoms with Crippen molar-refractivity contribution >= 4 is 27.6 Å². The Labute approximate surface area is 184 Å². The number of rotatable bonds is 5. The smallest absolute Gasteiger partial charge is 0.324 e. The van der Waals surface area contributed by atoms with Crippen LogP contribution in [0.2, 0.25) is 0 Å². The van der Waals surface area contributed by atoms with E-state index < -0.39 is 28.5 Å². The number of nitrogens with one attached hydrogen (secondary N) is 1. The van der Waals surface area contributed by atoms with E-state index in [1.165, 1.54) is 17.0 Å². The largest absolute Gasteiger partial charge is 0.334 e. The van der Waals surface area contributed by atoms with Crippen LogP contribution in [0.4, 0.5) is 10.5 Å². The van der Waals surface area contributed by atoms with Gasteiger partial charge in [-0.25, -0.2) is 17.5 Å². The Morgan fingerprint density at radius 2 is 1.48 bits per heavy atom. The Morgan fingerprint density at radius 3 is 2.03 bits per heavy atom. The Balaban J connectivity index is 1.90. The van der Waals surface area contributed by atoms with Crippen molar-refractivity contribution in [1.82, 2.24) is 9.21 Å². The maximum absolute atomic E-state index is 13.3. The predicted octanol–water partition coefficient (Wildman–Crippen LogP) is 3.77. The fourth-order valence-electron chi connectivity index (χ4n) is 3.85. The van der Waals surface area contributed by atoms with E-state index in [4.69, 9.17) is 0 Å². The van der Waals surface area contributed by atoms with Gasteiger partial charge in [0, 0.05) is 18.8 Å². The number of nitrogens with zero attached hydrogens (tertiary/aromatic N) is 2. The molecule has 166 valence electrons. The molecule has 1 heterocycles. The van der Waals surface area contributed by atoms with Crippen LogP contribution in [0.1, 0.15) is 35.1 Å². The zero-order valence-corrected chi connectivity index (χ0v) is 19.3. The van der Waals surface area contributed by atoms with Crippen LogP contribution < -0.4 is 5.32 Å². The molecule has 0 aliphatic carbocycles. The molecule has 0 spiro atoms. The van der Waals surface area contributed by atoms with Gasteiger partial charge in [-0.2, -0.15) is 0 Å². The van der Waals surface area contributed by atoms with Crippen molar-refractivity contribution in [2.45, 2.75) is 45.4 Å². The fraction of sp³-hybridized carbons (Fsp3) is 0.391. The zero-order chi connectivity index (χ0) is 22.8. The number of urea groups is 1. The first-order valence-electron chi connectivity index (χ1n) is 10.4. The number of hydrogen-bond acceptors (Lipinski definition) is 4. The highest BCUT2D eigenvalue weighted by Crippen LogP contribution is 2.23. The number of aryl methyl sites for hydroxylation is 4. The van der Waals surface area contributed by atoms with Crippen LogP contribution in [0.15, 0.2) is 41.3 Å². The average molecular weight is 444 g/mol. The Hall–Kier alpha value is -2.87. The monoisotopic (exact) mass is 443 g/mol. The summed E-state index contributed by atoms with van der Waals surface area (Å²) in [5.41, 5.74) is 4.37. The van der Waals surface area contributed by atoms with Gasteiger partial charge >= 0.3 is 6.03 Å². The average Bonchev–Trinajstić information content (AvgIpc) is 3.23. The van der Waals surface area contributed by atoms with Crippen molar-refractivity contribution in [3.05, 3.63) is 58.7 Å². The summed E-state index contributed by atoms with van der Waals surface area (Å²) in [6.07, 6.45) is 1.64. The van der Waals surface area contributed by atoms with Crippen molar-refractivity contribution in [2.24, 2.45) is 0 Å². The summed E-state index contributed by atoms with van der Waals surface area (Å²) in [6, 6.07) is 9.49. The van der Waals surface area contributed by atoms with Crippen LogP contribution >= 0.6 is 0 Å². The fourth-order valence-corrected chi connectivity index (χ4v) is 5.19. The molecule has 1 saturated heterocycles. The number of anilines is 1. The van der Waals surface area contributed by atoms with E-state index in [1.54, 1.807) is 12.1 Å². The third-order valence-electron chi connectivity index (χ3n) is 5.43. The molecule has 31 heavy (non-hydrogen) atoms. The Kier molecular flexibility index (Phi) is 6.69. The number of sulfonamides is 1. The molecule has 2 aromatic carbocycles. The third kappa shape index (κ3) is 5.07. The number of likely N-dealkylation sites (tertiary alicyclic amines) is 1. The van der Waals surface area contributed by atoms with E-state index in [2.05, 4.69) is 5.32 Å². The van der Waals surface area contributed by atoms with Gasteiger partial charge in [-0.05, 0) is 63.8 Å². The van der Waals surface area contributed by atoms with E-state index >= 15 is 0 Å². The van der Waals surface area contributed by atoms with E-state index in [1.807, 2.05) is 39.8 Å². The molecule has 0 bridgehead atoms. The van der Waals surface area contributed by atoms with Crippen molar-refractivity contribution in [3.63, 3.8) is 0 Å². The second kappa shape index (κ2) is 9.09. The van der Waals surface area contributed by atoms with Gasteiger partial charge in [-0.3, -0.25) is 4.79 Å². The molecule has 3 rings (SSSR count). The standard InChI is InChI=1S/C23H29N3O4S/c1-16-7-9-20(10-8-16)31(29,30)26(23(28)25-11-5-6-12-25)15-21(27)24-22-18(3)13-17(2)14-19(22)4/h7-10,13-14H,5-6,11-12,15H2,1-4H3,(H,24,27). The molecular weight excluding hydrogens is 414 g/mol. The predicted molar refractivity (Wildman–Crippen MR) is 121 cm³/mol. The molecule has 1 aliphatic heterocycles. The minimum Gasteiger partial charge on any atom is -0.324 e. The molecule has 0 aromatic heterocycles. The lowest BCUT2D eigenvalue weighted by atomic mass is 10.1. The summed E-state index contributed by atoms with van der Waals surface area (Å²) < 4.78 is 27.3. The quantitative estimate of drug-likeness (QED) is 0.762. The topological polar surface area (TPSA) is 86.8 Å². The second-order valence-corrected chi connectivity index (χ2v) is 9.99. The van der Waals surface area contributed by atoms with Crippen molar-refractivity contribution in [1.29, 1.82) is 0 Å². The number of carbonyl (C=O) groups is 2. The molecule has 1 N–H and O–H groups in total. The zero-order valence-electron chi connectivity index (χ0n) is 18.4. The molecule has 8 heteroatoms. The molecule has 3 amide bonds. The summed E-state index contributed by atoms with van der Waals surface area (Å²) in [7, 11) is -4.19. The molecule has 1 fully saturated rings. The van der Waals surface area contributed by atoms with Crippen LogP contribution in [0.3, 0.4) is 0 Å². The van der Waals surface area contributed by atoms with Crippen LogP contribution in [-0.4, -0.2) is 49.2 Å². The Morgan fingerprint density at radius 1 is 0.935 bits per heavy atom. The van der Waals surface area contributed by atoms with Gasteiger partial charge in [0.15, 0.2) is 0 Å². The molecule has 0 unspecified atom stereocenters. The van der Waals surface area contributed by atoms with Crippen LogP contribution in [0.25, 0.3) is 0 Å². The SMILES string of the molecule is Cc1ccc(S(=O)(=O)N(CC(=O)Nc2c(C)cc(C)cc2C)C(=O)N2CCCC2)cc1. The first kappa shape index (κ1) is 22.8. The molecular formula is C23H29N3O4S. The van der Waals surface area contributed by atoms with Gasteiger partial charge in [-0.1, -0.05) is 35.4 Å². The van der Waals surface area contributed by atoms with E-state index in [0.717, 1.165) is 35.1 Å². The van der Waals surface area contributed by atoms with Gasteiger partial charge in [0.1, 0.15) is 6.54 Å². The van der Waals surface area contributed by atoms with Gasteiger partial charge in [-0.15, -0.1) is 0 Å². The third-order valence-corrected chi connectivity index (χ3v) is 7.16. The highest BCUT2D eigenvalue weighted by Gasteiger charge is 2.35. The number of amides is 3. The van der Waals surface area contributed by atoms with Crippen LogP contribution in [0.5, 0.6) is 0 Å². The molecule has 0 saturated carbocycles. The van der Waals surface area contributed by atoms with Gasteiger partial charge < -0.3 is 10.2 Å². The number of benzene rings is 2.